The first-order valence-electron chi connectivity index (χ1n) is 22.5. The van der Waals surface area contributed by atoms with Crippen LogP contribution in [-0.2, 0) is 50.1 Å². The van der Waals surface area contributed by atoms with Crippen molar-refractivity contribution in [3.05, 3.63) is 95.1 Å². The standard InChI is InChI=1S/C48H59N7O9/c1-47(2)48(35-12-6-7-13-37(35)52-46(48)61)40(30-9-4-3-5-10-30)41(54-47)44(59)51-32-17-15-31(16-18-32)42(57)50-22-24-63-26-28-64-27-25-62-23-21-49-36-14-8-11-33-34(36)29-55(45(33)60)38-19-20-39(56)53-43(38)58/h3-14,31-32,38,40-41,49,54H,15-29H2,1-2H3,(H,50,57)(H,51,59)(H,52,61)(H,53,56,58)/t31-,32-,38?,40-,41+,48+/m0/s1. The summed E-state index contributed by atoms with van der Waals surface area (Å²) in [4.78, 5) is 79.8. The van der Waals surface area contributed by atoms with Crippen molar-refractivity contribution in [3.63, 3.8) is 0 Å². The number of anilines is 2. The summed E-state index contributed by atoms with van der Waals surface area (Å²) in [6.45, 7) is 7.57. The van der Waals surface area contributed by atoms with Crippen molar-refractivity contribution in [2.75, 3.05) is 63.4 Å². The number of amides is 6. The Morgan fingerprint density at radius 3 is 2.17 bits per heavy atom. The van der Waals surface area contributed by atoms with Gasteiger partial charge in [-0.3, -0.25) is 39.4 Å². The number of carbonyl (C=O) groups excluding carboxylic acids is 6. The molecule has 4 heterocycles. The molecule has 0 radical (unpaired) electrons. The number of nitrogens with zero attached hydrogens (tertiary/aromatic N) is 1. The number of imide groups is 1. The number of fused-ring (bicyclic) bond motifs is 3. The highest BCUT2D eigenvalue weighted by Gasteiger charge is 2.69. The fourth-order valence-electron chi connectivity index (χ4n) is 10.5. The highest BCUT2D eigenvalue weighted by Crippen LogP contribution is 2.58. The Labute approximate surface area is 373 Å². The van der Waals surface area contributed by atoms with Gasteiger partial charge in [0.15, 0.2) is 0 Å². The van der Waals surface area contributed by atoms with E-state index >= 15 is 0 Å². The van der Waals surface area contributed by atoms with Gasteiger partial charge in [-0.2, -0.15) is 0 Å². The van der Waals surface area contributed by atoms with Crippen molar-refractivity contribution in [1.29, 1.82) is 0 Å². The molecule has 64 heavy (non-hydrogen) atoms. The Balaban J connectivity index is 0.685. The van der Waals surface area contributed by atoms with Gasteiger partial charge in [0.2, 0.25) is 29.5 Å². The van der Waals surface area contributed by atoms with Gasteiger partial charge in [-0.15, -0.1) is 0 Å². The maximum atomic E-state index is 14.2. The van der Waals surface area contributed by atoms with Gasteiger partial charge in [-0.05, 0) is 75.3 Å². The Bertz CT molecular complexity index is 2230. The zero-order chi connectivity index (χ0) is 44.8. The van der Waals surface area contributed by atoms with E-state index in [1.54, 1.807) is 12.1 Å². The molecule has 1 aliphatic carbocycles. The number of hydrogen-bond donors (Lipinski definition) is 6. The van der Waals surface area contributed by atoms with E-state index in [4.69, 9.17) is 14.2 Å². The molecule has 16 nitrogen and oxygen atoms in total. The summed E-state index contributed by atoms with van der Waals surface area (Å²) < 4.78 is 17.0. The van der Waals surface area contributed by atoms with Gasteiger partial charge in [0.05, 0.1) is 45.7 Å². The first-order chi connectivity index (χ1) is 31.0. The molecule has 1 spiro atoms. The first kappa shape index (κ1) is 44.9. The van der Waals surface area contributed by atoms with Crippen molar-refractivity contribution in [3.8, 4) is 0 Å². The molecule has 0 bridgehead atoms. The Kier molecular flexibility index (Phi) is 13.8. The second-order valence-corrected chi connectivity index (χ2v) is 17.8. The number of benzene rings is 3. The molecule has 1 unspecified atom stereocenters. The van der Waals surface area contributed by atoms with Crippen LogP contribution in [0.25, 0.3) is 0 Å². The van der Waals surface area contributed by atoms with Crippen molar-refractivity contribution < 1.29 is 43.0 Å². The van der Waals surface area contributed by atoms with Gasteiger partial charge < -0.3 is 40.4 Å². The van der Waals surface area contributed by atoms with Gasteiger partial charge in [-0.25, -0.2) is 0 Å². The molecule has 3 aromatic rings. The molecule has 4 aliphatic heterocycles. The molecule has 16 heteroatoms. The lowest BCUT2D eigenvalue weighted by molar-refractivity contribution is -0.137. The van der Waals surface area contributed by atoms with Crippen LogP contribution in [0.2, 0.25) is 0 Å². The monoisotopic (exact) mass is 877 g/mol. The molecule has 0 aromatic heterocycles. The summed E-state index contributed by atoms with van der Waals surface area (Å²) in [6, 6.07) is 21.7. The predicted octanol–water partition coefficient (Wildman–Crippen LogP) is 3.12. The number of carbonyl (C=O) groups is 6. The quantitative estimate of drug-likeness (QED) is 0.0810. The van der Waals surface area contributed by atoms with Gasteiger partial charge in [0.25, 0.3) is 5.91 Å². The van der Waals surface area contributed by atoms with E-state index in [1.807, 2.05) is 74.5 Å². The molecule has 2 saturated heterocycles. The van der Waals surface area contributed by atoms with E-state index in [0.29, 0.717) is 96.9 Å². The number of hydrogen-bond acceptors (Lipinski definition) is 11. The fraction of sp³-hybridized carbons (Fsp3) is 0.500. The van der Waals surface area contributed by atoms with Crippen LogP contribution >= 0.6 is 0 Å². The number of ether oxygens (including phenoxy) is 3. The molecule has 1 saturated carbocycles. The zero-order valence-corrected chi connectivity index (χ0v) is 36.5. The lowest BCUT2D eigenvalue weighted by atomic mass is 9.60. The summed E-state index contributed by atoms with van der Waals surface area (Å²) in [5.41, 5.74) is 3.05. The maximum Gasteiger partial charge on any atom is 0.255 e. The molecule has 6 amide bonds. The third-order valence-electron chi connectivity index (χ3n) is 13.6. The fourth-order valence-corrected chi connectivity index (χ4v) is 10.5. The molecule has 340 valence electrons. The lowest BCUT2D eigenvalue weighted by Crippen LogP contribution is -2.55. The largest absolute Gasteiger partial charge is 0.382 e. The van der Waals surface area contributed by atoms with Crippen molar-refractivity contribution in [2.45, 2.75) is 93.9 Å². The molecule has 3 aromatic carbocycles. The molecular formula is C48H59N7O9. The van der Waals surface area contributed by atoms with E-state index in [9.17, 15) is 28.8 Å². The van der Waals surface area contributed by atoms with Crippen LogP contribution in [0.1, 0.15) is 85.3 Å². The second kappa shape index (κ2) is 19.6. The van der Waals surface area contributed by atoms with Crippen LogP contribution in [-0.4, -0.2) is 117 Å². The van der Waals surface area contributed by atoms with Crippen LogP contribution in [0, 0.1) is 5.92 Å². The number of rotatable bonds is 18. The summed E-state index contributed by atoms with van der Waals surface area (Å²) in [6.07, 6.45) is 3.22. The minimum Gasteiger partial charge on any atom is -0.382 e. The average Bonchev–Trinajstić information content (AvgIpc) is 3.88. The molecule has 4 atom stereocenters. The van der Waals surface area contributed by atoms with Gasteiger partial charge in [-0.1, -0.05) is 54.6 Å². The Hall–Kier alpha value is -5.68. The third-order valence-corrected chi connectivity index (χ3v) is 13.6. The van der Waals surface area contributed by atoms with E-state index in [2.05, 4.69) is 31.9 Å². The van der Waals surface area contributed by atoms with Crippen molar-refractivity contribution >= 4 is 46.8 Å². The number of para-hydroxylation sites is 1. The summed E-state index contributed by atoms with van der Waals surface area (Å²) in [7, 11) is 0. The number of piperidine rings is 1. The lowest BCUT2D eigenvalue weighted by Gasteiger charge is -2.40. The molecule has 5 aliphatic rings. The van der Waals surface area contributed by atoms with Gasteiger partial charge in [0, 0.05) is 72.0 Å². The molecule has 6 N–H and O–H groups in total. The summed E-state index contributed by atoms with van der Waals surface area (Å²) in [5.74, 6) is -1.79. The van der Waals surface area contributed by atoms with Gasteiger partial charge in [0.1, 0.15) is 11.5 Å². The molecular weight excluding hydrogens is 819 g/mol. The smallest absolute Gasteiger partial charge is 0.255 e. The predicted molar refractivity (Wildman–Crippen MR) is 237 cm³/mol. The van der Waals surface area contributed by atoms with E-state index in [0.717, 1.165) is 28.1 Å². The van der Waals surface area contributed by atoms with Crippen molar-refractivity contribution in [1.82, 2.24) is 26.2 Å². The van der Waals surface area contributed by atoms with E-state index in [-0.39, 0.29) is 47.9 Å². The van der Waals surface area contributed by atoms with E-state index in [1.165, 1.54) is 4.90 Å². The van der Waals surface area contributed by atoms with Crippen LogP contribution in [0.5, 0.6) is 0 Å². The summed E-state index contributed by atoms with van der Waals surface area (Å²) in [5, 5.41) is 18.6. The third kappa shape index (κ3) is 9.01. The van der Waals surface area contributed by atoms with Crippen LogP contribution in [0.3, 0.4) is 0 Å². The highest BCUT2D eigenvalue weighted by atomic mass is 16.5. The zero-order valence-electron chi connectivity index (χ0n) is 36.5. The van der Waals surface area contributed by atoms with Crippen LogP contribution < -0.4 is 31.9 Å². The first-order valence-corrected chi connectivity index (χ1v) is 22.5. The highest BCUT2D eigenvalue weighted by molar-refractivity contribution is 6.10. The maximum absolute atomic E-state index is 14.2. The Morgan fingerprint density at radius 2 is 1.44 bits per heavy atom. The number of nitrogens with one attached hydrogen (secondary N) is 6. The topological polar surface area (TPSA) is 206 Å². The minimum atomic E-state index is -1.00. The SMILES string of the molecule is CC1(C)N[C@@H](C(=O)N[C@H]2CC[C@H](C(=O)NCCOCCOCCOCCNc3cccc4c3CN(C3CCC(=O)NC3=O)C4=O)CC2)[C@H](c2ccccc2)[C@]12C(=O)Nc1ccccc12. The molecule has 8 rings (SSSR count). The van der Waals surface area contributed by atoms with Crippen molar-refractivity contribution in [2.24, 2.45) is 5.92 Å². The normalized spacial score (nSPS) is 25.7. The van der Waals surface area contributed by atoms with Crippen LogP contribution in [0.15, 0.2) is 72.8 Å². The average molecular weight is 878 g/mol. The van der Waals surface area contributed by atoms with Gasteiger partial charge >= 0.3 is 0 Å². The Morgan fingerprint density at radius 1 is 0.750 bits per heavy atom. The van der Waals surface area contributed by atoms with E-state index < -0.39 is 34.9 Å². The minimum absolute atomic E-state index is 0.00759. The van der Waals surface area contributed by atoms with Crippen LogP contribution in [0.4, 0.5) is 11.4 Å². The second-order valence-electron chi connectivity index (χ2n) is 17.8. The molecule has 3 fully saturated rings. The summed E-state index contributed by atoms with van der Waals surface area (Å²) >= 11 is 0.